The predicted octanol–water partition coefficient (Wildman–Crippen LogP) is 2.78. The summed E-state index contributed by atoms with van der Waals surface area (Å²) in [7, 11) is -2.08. The number of aryl methyl sites for hydroxylation is 1. The molecule has 4 nitrogen and oxygen atoms in total. The van der Waals surface area contributed by atoms with E-state index in [1.807, 2.05) is 6.92 Å². The Morgan fingerprint density at radius 2 is 1.90 bits per heavy atom. The van der Waals surface area contributed by atoms with Crippen molar-refractivity contribution in [2.24, 2.45) is 0 Å². The first kappa shape index (κ1) is 16.7. The zero-order valence-corrected chi connectivity index (χ0v) is 13.3. The normalized spacial score (nSPS) is 11.4. The number of hydrogen-bond acceptors (Lipinski definition) is 4. The van der Waals surface area contributed by atoms with Crippen LogP contribution in [0.2, 0.25) is 0 Å². The maximum atomic E-state index is 12.1. The Balaban J connectivity index is 3.55. The van der Waals surface area contributed by atoms with E-state index in [9.17, 15) is 13.2 Å². The van der Waals surface area contributed by atoms with Crippen LogP contribution in [0.5, 0.6) is 0 Å². The van der Waals surface area contributed by atoms with Crippen LogP contribution in [0.15, 0.2) is 17.0 Å². The number of benzene rings is 1. The van der Waals surface area contributed by atoms with Crippen LogP contribution < -0.4 is 0 Å². The molecule has 112 valence electrons. The molecule has 0 saturated heterocycles. The van der Waals surface area contributed by atoms with Crippen LogP contribution in [-0.2, 0) is 27.4 Å². The van der Waals surface area contributed by atoms with Crippen molar-refractivity contribution in [1.29, 1.82) is 0 Å². The molecule has 5 heteroatoms. The van der Waals surface area contributed by atoms with Gasteiger partial charge < -0.3 is 4.74 Å². The molecule has 1 aromatic carbocycles. The molecule has 0 aromatic heterocycles. The third-order valence-electron chi connectivity index (χ3n) is 3.27. The van der Waals surface area contributed by atoms with Crippen LogP contribution in [-0.4, -0.2) is 27.8 Å². The summed E-state index contributed by atoms with van der Waals surface area (Å²) >= 11 is 0. The van der Waals surface area contributed by atoms with E-state index in [1.165, 1.54) is 13.4 Å². The molecule has 0 radical (unpaired) electrons. The number of methoxy groups -OCH3 is 1. The van der Waals surface area contributed by atoms with Crippen molar-refractivity contribution in [1.82, 2.24) is 0 Å². The minimum atomic E-state index is -3.38. The van der Waals surface area contributed by atoms with Crippen molar-refractivity contribution in [2.45, 2.75) is 44.4 Å². The Hall–Kier alpha value is -1.36. The van der Waals surface area contributed by atoms with E-state index in [1.54, 1.807) is 12.1 Å². The fraction of sp³-hybridized carbons (Fsp3) is 0.533. The summed E-state index contributed by atoms with van der Waals surface area (Å²) in [5.41, 5.74) is 1.70. The molecule has 0 bridgehead atoms. The number of hydrogen-bond donors (Lipinski definition) is 0. The third kappa shape index (κ3) is 3.60. The Morgan fingerprint density at radius 3 is 2.35 bits per heavy atom. The molecule has 0 aliphatic carbocycles. The van der Waals surface area contributed by atoms with Gasteiger partial charge in [-0.25, -0.2) is 13.2 Å². The van der Waals surface area contributed by atoms with Crippen molar-refractivity contribution in [2.75, 3.05) is 13.4 Å². The largest absolute Gasteiger partial charge is 0.465 e. The van der Waals surface area contributed by atoms with Gasteiger partial charge in [0.2, 0.25) is 0 Å². The van der Waals surface area contributed by atoms with Crippen LogP contribution in [0.1, 0.15) is 48.2 Å². The molecule has 0 heterocycles. The molecule has 1 aromatic rings. The van der Waals surface area contributed by atoms with Gasteiger partial charge >= 0.3 is 5.97 Å². The van der Waals surface area contributed by atoms with E-state index in [-0.39, 0.29) is 0 Å². The first-order valence-electron chi connectivity index (χ1n) is 6.79. The van der Waals surface area contributed by atoms with Crippen molar-refractivity contribution in [3.8, 4) is 0 Å². The maximum absolute atomic E-state index is 12.1. The molecule has 0 aliphatic rings. The first-order chi connectivity index (χ1) is 9.36. The van der Waals surface area contributed by atoms with Gasteiger partial charge in [-0.2, -0.15) is 0 Å². The monoisotopic (exact) mass is 298 g/mol. The van der Waals surface area contributed by atoms with Gasteiger partial charge in [-0.1, -0.05) is 26.3 Å². The van der Waals surface area contributed by atoms with Crippen LogP contribution in [0, 0.1) is 0 Å². The van der Waals surface area contributed by atoms with Crippen LogP contribution in [0.25, 0.3) is 0 Å². The highest BCUT2D eigenvalue weighted by atomic mass is 32.2. The zero-order chi connectivity index (χ0) is 15.3. The lowest BCUT2D eigenvalue weighted by atomic mass is 9.99. The fourth-order valence-corrected chi connectivity index (χ4v) is 3.70. The van der Waals surface area contributed by atoms with Gasteiger partial charge in [0.25, 0.3) is 0 Å². The molecular weight excluding hydrogens is 276 g/mol. The van der Waals surface area contributed by atoms with Crippen LogP contribution >= 0.6 is 0 Å². The van der Waals surface area contributed by atoms with Gasteiger partial charge in [-0.15, -0.1) is 0 Å². The summed E-state index contributed by atoms with van der Waals surface area (Å²) in [6, 6.07) is 3.40. The number of rotatable bonds is 6. The highest BCUT2D eigenvalue weighted by molar-refractivity contribution is 7.90. The number of carbonyl (C=O) groups excluding carboxylic acids is 1. The number of carbonyl (C=O) groups is 1. The molecular formula is C15H22O4S. The third-order valence-corrected chi connectivity index (χ3v) is 4.52. The average Bonchev–Trinajstić information content (AvgIpc) is 2.41. The smallest absolute Gasteiger partial charge is 0.338 e. The summed E-state index contributed by atoms with van der Waals surface area (Å²) in [6.45, 7) is 3.91. The van der Waals surface area contributed by atoms with Crippen molar-refractivity contribution >= 4 is 15.8 Å². The lowest BCUT2D eigenvalue weighted by Crippen LogP contribution is -2.13. The number of sulfone groups is 1. The topological polar surface area (TPSA) is 60.4 Å². The minimum Gasteiger partial charge on any atom is -0.465 e. The Labute approximate surface area is 121 Å². The minimum absolute atomic E-state index is 0.302. The Kier molecular flexibility index (Phi) is 5.74. The van der Waals surface area contributed by atoms with E-state index < -0.39 is 15.8 Å². The maximum Gasteiger partial charge on any atom is 0.338 e. The summed E-state index contributed by atoms with van der Waals surface area (Å²) in [5.74, 6) is -0.492. The molecule has 0 N–H and O–H groups in total. The number of esters is 1. The molecule has 0 atom stereocenters. The van der Waals surface area contributed by atoms with Crippen molar-refractivity contribution in [3.05, 3.63) is 28.8 Å². The summed E-state index contributed by atoms with van der Waals surface area (Å²) in [4.78, 5) is 12.1. The molecule has 0 fully saturated rings. The highest BCUT2D eigenvalue weighted by Gasteiger charge is 2.23. The predicted molar refractivity (Wildman–Crippen MR) is 78.9 cm³/mol. The van der Waals surface area contributed by atoms with Gasteiger partial charge in [-0.05, 0) is 36.5 Å². The lowest BCUT2D eigenvalue weighted by Gasteiger charge is -2.15. The van der Waals surface area contributed by atoms with Gasteiger partial charge in [0.1, 0.15) is 0 Å². The van der Waals surface area contributed by atoms with Crippen LogP contribution in [0.4, 0.5) is 0 Å². The quantitative estimate of drug-likeness (QED) is 0.758. The molecule has 0 spiro atoms. The molecule has 20 heavy (non-hydrogen) atoms. The first-order valence-corrected chi connectivity index (χ1v) is 8.69. The molecule has 0 saturated carbocycles. The molecule has 1 rings (SSSR count). The van der Waals surface area contributed by atoms with Gasteiger partial charge in [0.05, 0.1) is 17.6 Å². The van der Waals surface area contributed by atoms with E-state index >= 15 is 0 Å². The molecule has 0 aliphatic heterocycles. The number of unbranched alkanes of at least 4 members (excludes halogenated alkanes) is 1. The van der Waals surface area contributed by atoms with Crippen LogP contribution in [0.3, 0.4) is 0 Å². The second-order valence-electron chi connectivity index (χ2n) is 4.80. The average molecular weight is 298 g/mol. The highest BCUT2D eigenvalue weighted by Crippen LogP contribution is 2.27. The zero-order valence-electron chi connectivity index (χ0n) is 12.5. The van der Waals surface area contributed by atoms with Gasteiger partial charge in [0.15, 0.2) is 9.84 Å². The second kappa shape index (κ2) is 6.88. The molecule has 0 amide bonds. The second-order valence-corrected chi connectivity index (χ2v) is 6.75. The summed E-state index contributed by atoms with van der Waals surface area (Å²) < 4.78 is 28.9. The van der Waals surface area contributed by atoms with E-state index in [4.69, 9.17) is 4.74 Å². The standard InChI is InChI=1S/C15H22O4S/c1-5-7-8-11-9-10-13(15(16)19-3)12(6-2)14(11)20(4,17)18/h9-10H,5-8H2,1-4H3. The summed E-state index contributed by atoms with van der Waals surface area (Å²) in [6.07, 6.45) is 4.28. The van der Waals surface area contributed by atoms with Gasteiger partial charge in [0, 0.05) is 6.26 Å². The summed E-state index contributed by atoms with van der Waals surface area (Å²) in [5, 5.41) is 0. The SMILES string of the molecule is CCCCc1ccc(C(=O)OC)c(CC)c1S(C)(=O)=O. The van der Waals surface area contributed by atoms with Crippen molar-refractivity contribution < 1.29 is 17.9 Å². The molecule has 0 unspecified atom stereocenters. The Bertz CT molecular complexity index is 588. The lowest BCUT2D eigenvalue weighted by molar-refractivity contribution is 0.0599. The van der Waals surface area contributed by atoms with E-state index in [0.29, 0.717) is 28.9 Å². The van der Waals surface area contributed by atoms with Crippen molar-refractivity contribution in [3.63, 3.8) is 0 Å². The Morgan fingerprint density at radius 1 is 1.25 bits per heavy atom. The van der Waals surface area contributed by atoms with Gasteiger partial charge in [-0.3, -0.25) is 0 Å². The fourth-order valence-electron chi connectivity index (χ4n) is 2.35. The van der Waals surface area contributed by atoms with E-state index in [0.717, 1.165) is 18.4 Å². The van der Waals surface area contributed by atoms with E-state index in [2.05, 4.69) is 6.92 Å². The number of ether oxygens (including phenoxy) is 1.